The van der Waals surface area contributed by atoms with Gasteiger partial charge in [-0.05, 0) is 59.9 Å². The van der Waals surface area contributed by atoms with E-state index in [-0.39, 0.29) is 30.5 Å². The van der Waals surface area contributed by atoms with Crippen molar-refractivity contribution in [2.24, 2.45) is 0 Å². The molecule has 7 heteroatoms. The van der Waals surface area contributed by atoms with Gasteiger partial charge < -0.3 is 19.3 Å². The summed E-state index contributed by atoms with van der Waals surface area (Å²) >= 11 is 1.74. The Balaban J connectivity index is 1.46. The van der Waals surface area contributed by atoms with Crippen molar-refractivity contribution in [3.05, 3.63) is 51.7 Å². The molecule has 0 aliphatic carbocycles. The highest BCUT2D eigenvalue weighted by Crippen LogP contribution is 2.34. The lowest BCUT2D eigenvalue weighted by Crippen LogP contribution is -2.49. The van der Waals surface area contributed by atoms with Crippen molar-refractivity contribution in [3.63, 3.8) is 0 Å². The number of thiophene rings is 1. The van der Waals surface area contributed by atoms with Crippen molar-refractivity contribution in [1.82, 2.24) is 9.80 Å². The normalized spacial score (nSPS) is 19.8. The highest BCUT2D eigenvalue weighted by Gasteiger charge is 2.34. The molecule has 0 bridgehead atoms. The smallest absolute Gasteiger partial charge is 0.242 e. The van der Waals surface area contributed by atoms with Crippen molar-refractivity contribution in [1.29, 1.82) is 0 Å². The molecule has 2 aliphatic heterocycles. The Morgan fingerprint density at radius 2 is 2.03 bits per heavy atom. The predicted molar refractivity (Wildman–Crippen MR) is 134 cm³/mol. The quantitative estimate of drug-likeness (QED) is 0.513. The van der Waals surface area contributed by atoms with Gasteiger partial charge in [0, 0.05) is 31.0 Å². The molecule has 2 atom stereocenters. The number of rotatable bonds is 9. The fourth-order valence-electron chi connectivity index (χ4n) is 4.77. The fourth-order valence-corrected chi connectivity index (χ4v) is 5.69. The molecule has 2 aliphatic rings. The molecule has 1 fully saturated rings. The minimum atomic E-state index is -0.159. The van der Waals surface area contributed by atoms with E-state index in [1.807, 2.05) is 24.0 Å². The third kappa shape index (κ3) is 5.81. The van der Waals surface area contributed by atoms with Gasteiger partial charge in [0.2, 0.25) is 11.8 Å². The SMILES string of the molecule is CCC(=O)N(CC(=O)N1CCc2sccc2[C@H]1COc1ccc(C(C)C)cc1)C[C@@H]1CCCO1. The highest BCUT2D eigenvalue weighted by molar-refractivity contribution is 7.10. The molecule has 0 N–H and O–H groups in total. The Bertz CT molecular complexity index is 965. The first-order chi connectivity index (χ1) is 16.5. The van der Waals surface area contributed by atoms with Gasteiger partial charge in [0.05, 0.1) is 18.7 Å². The molecule has 34 heavy (non-hydrogen) atoms. The minimum absolute atomic E-state index is 0.00451. The average molecular weight is 485 g/mol. The van der Waals surface area contributed by atoms with E-state index in [1.54, 1.807) is 16.2 Å². The van der Waals surface area contributed by atoms with Crippen LogP contribution >= 0.6 is 11.3 Å². The lowest BCUT2D eigenvalue weighted by Gasteiger charge is -2.37. The third-order valence-corrected chi connectivity index (χ3v) is 7.80. The second kappa shape index (κ2) is 11.4. The van der Waals surface area contributed by atoms with E-state index >= 15 is 0 Å². The first-order valence-corrected chi connectivity index (χ1v) is 13.3. The van der Waals surface area contributed by atoms with Crippen molar-refractivity contribution >= 4 is 23.2 Å². The summed E-state index contributed by atoms with van der Waals surface area (Å²) in [6.07, 6.45) is 3.20. The molecule has 0 unspecified atom stereocenters. The molecule has 1 saturated heterocycles. The molecule has 0 saturated carbocycles. The molecule has 0 radical (unpaired) electrons. The topological polar surface area (TPSA) is 59.1 Å². The number of hydrogen-bond donors (Lipinski definition) is 0. The van der Waals surface area contributed by atoms with Gasteiger partial charge in [-0.2, -0.15) is 0 Å². The zero-order valence-corrected chi connectivity index (χ0v) is 21.3. The Hall–Kier alpha value is -2.38. The number of amides is 2. The van der Waals surface area contributed by atoms with Crippen LogP contribution in [0.25, 0.3) is 0 Å². The van der Waals surface area contributed by atoms with Crippen LogP contribution in [0, 0.1) is 0 Å². The summed E-state index contributed by atoms with van der Waals surface area (Å²) in [6.45, 7) is 8.53. The average Bonchev–Trinajstić information content (AvgIpc) is 3.53. The van der Waals surface area contributed by atoms with Crippen LogP contribution in [-0.4, -0.2) is 60.6 Å². The van der Waals surface area contributed by atoms with Crippen LogP contribution < -0.4 is 4.74 Å². The molecular weight excluding hydrogens is 448 g/mol. The van der Waals surface area contributed by atoms with Gasteiger partial charge >= 0.3 is 0 Å². The first kappa shape index (κ1) is 24.7. The second-order valence-electron chi connectivity index (χ2n) is 9.45. The predicted octanol–water partition coefficient (Wildman–Crippen LogP) is 4.79. The van der Waals surface area contributed by atoms with Gasteiger partial charge in [0.1, 0.15) is 12.4 Å². The standard InChI is InChI=1S/C27H36N2O4S/c1-4-26(30)28(16-22-6-5-14-32-22)17-27(31)29-13-11-25-23(12-15-34-25)24(29)18-33-21-9-7-20(8-10-21)19(2)3/h7-10,12,15,19,22,24H,4-6,11,13-14,16-18H2,1-3H3/t22-,24+/m0/s1. The molecule has 3 heterocycles. The van der Waals surface area contributed by atoms with E-state index in [1.165, 1.54) is 10.4 Å². The lowest BCUT2D eigenvalue weighted by molar-refractivity contribution is -0.143. The van der Waals surface area contributed by atoms with Crippen LogP contribution in [0.1, 0.15) is 68.0 Å². The highest BCUT2D eigenvalue weighted by atomic mass is 32.1. The van der Waals surface area contributed by atoms with E-state index in [4.69, 9.17) is 9.47 Å². The molecule has 4 rings (SSSR count). The molecule has 2 amide bonds. The van der Waals surface area contributed by atoms with Gasteiger partial charge in [-0.25, -0.2) is 0 Å². The molecule has 1 aromatic carbocycles. The summed E-state index contributed by atoms with van der Waals surface area (Å²) in [7, 11) is 0. The summed E-state index contributed by atoms with van der Waals surface area (Å²) in [6, 6.07) is 10.1. The zero-order chi connectivity index (χ0) is 24.1. The monoisotopic (exact) mass is 484 g/mol. The summed E-state index contributed by atoms with van der Waals surface area (Å²) in [5, 5.41) is 2.09. The van der Waals surface area contributed by atoms with E-state index < -0.39 is 0 Å². The number of carbonyl (C=O) groups is 2. The fraction of sp³-hybridized carbons (Fsp3) is 0.556. The summed E-state index contributed by atoms with van der Waals surface area (Å²) < 4.78 is 11.9. The van der Waals surface area contributed by atoms with Crippen molar-refractivity contribution < 1.29 is 19.1 Å². The number of nitrogens with zero attached hydrogens (tertiary/aromatic N) is 2. The van der Waals surface area contributed by atoms with Crippen LogP contribution in [0.2, 0.25) is 0 Å². The number of ether oxygens (including phenoxy) is 2. The largest absolute Gasteiger partial charge is 0.491 e. The summed E-state index contributed by atoms with van der Waals surface area (Å²) in [5.41, 5.74) is 2.43. The zero-order valence-electron chi connectivity index (χ0n) is 20.5. The van der Waals surface area contributed by atoms with E-state index in [2.05, 4.69) is 37.4 Å². The number of fused-ring (bicyclic) bond motifs is 1. The van der Waals surface area contributed by atoms with Gasteiger partial charge in [0.25, 0.3) is 0 Å². The van der Waals surface area contributed by atoms with Gasteiger partial charge in [-0.3, -0.25) is 9.59 Å². The molecule has 2 aromatic rings. The number of benzene rings is 1. The number of carbonyl (C=O) groups excluding carboxylic acids is 2. The van der Waals surface area contributed by atoms with Gasteiger partial charge in [0.15, 0.2) is 0 Å². The molecule has 1 aromatic heterocycles. The third-order valence-electron chi connectivity index (χ3n) is 6.80. The Kier molecular flexibility index (Phi) is 8.27. The van der Waals surface area contributed by atoms with Crippen molar-refractivity contribution in [2.45, 2.75) is 64.5 Å². The maximum absolute atomic E-state index is 13.5. The molecular formula is C27H36N2O4S. The minimum Gasteiger partial charge on any atom is -0.491 e. The maximum atomic E-state index is 13.5. The van der Waals surface area contributed by atoms with Gasteiger partial charge in [-0.1, -0.05) is 32.9 Å². The van der Waals surface area contributed by atoms with Crippen LogP contribution in [0.3, 0.4) is 0 Å². The van der Waals surface area contributed by atoms with Crippen molar-refractivity contribution in [3.8, 4) is 5.75 Å². The van der Waals surface area contributed by atoms with E-state index in [9.17, 15) is 9.59 Å². The summed E-state index contributed by atoms with van der Waals surface area (Å²) in [4.78, 5) is 31.0. The molecule has 6 nitrogen and oxygen atoms in total. The summed E-state index contributed by atoms with van der Waals surface area (Å²) in [5.74, 6) is 1.24. The van der Waals surface area contributed by atoms with E-state index in [0.717, 1.165) is 37.2 Å². The molecule has 0 spiro atoms. The van der Waals surface area contributed by atoms with Crippen molar-refractivity contribution in [2.75, 3.05) is 32.8 Å². The van der Waals surface area contributed by atoms with E-state index in [0.29, 0.717) is 32.0 Å². The Labute approximate surface area is 206 Å². The maximum Gasteiger partial charge on any atom is 0.242 e. The van der Waals surface area contributed by atoms with Gasteiger partial charge in [-0.15, -0.1) is 11.3 Å². The number of hydrogen-bond acceptors (Lipinski definition) is 5. The lowest BCUT2D eigenvalue weighted by atomic mass is 10.00. The molecule has 184 valence electrons. The first-order valence-electron chi connectivity index (χ1n) is 12.4. The van der Waals surface area contributed by atoms with Crippen LogP contribution in [-0.2, 0) is 20.7 Å². The van der Waals surface area contributed by atoms with Crippen LogP contribution in [0.15, 0.2) is 35.7 Å². The van der Waals surface area contributed by atoms with Crippen LogP contribution in [0.5, 0.6) is 5.75 Å². The van der Waals surface area contributed by atoms with Crippen LogP contribution in [0.4, 0.5) is 0 Å². The second-order valence-corrected chi connectivity index (χ2v) is 10.5. The Morgan fingerprint density at radius 1 is 1.24 bits per heavy atom. The Morgan fingerprint density at radius 3 is 2.71 bits per heavy atom.